The van der Waals surface area contributed by atoms with E-state index >= 15 is 0 Å². The summed E-state index contributed by atoms with van der Waals surface area (Å²) in [5.41, 5.74) is 21.4. The lowest BCUT2D eigenvalue weighted by atomic mass is 9.85. The summed E-state index contributed by atoms with van der Waals surface area (Å²) in [5, 5.41) is 12.6. The highest BCUT2D eigenvalue weighted by Crippen LogP contribution is 2.46. The number of nitrogens with zero attached hydrogens (tertiary/aromatic N) is 3. The minimum atomic E-state index is -0.683. The molecule has 10 aromatic rings. The third kappa shape index (κ3) is 9.30. The van der Waals surface area contributed by atoms with Crippen molar-refractivity contribution < 1.29 is 6.48 Å². The maximum absolute atomic E-state index is 12.6. The maximum atomic E-state index is 12.6. The third-order valence-electron chi connectivity index (χ3n) is 14.3. The number of para-hydroxylation sites is 1. The van der Waals surface area contributed by atoms with Crippen molar-refractivity contribution in [1.82, 2.24) is 14.5 Å². The molecule has 358 valence electrons. The van der Waals surface area contributed by atoms with Crippen LogP contribution in [0.25, 0.3) is 95.0 Å². The number of phenolic OH excluding ortho intramolecular Hbond substituents is 1. The Morgan fingerprint density at radius 1 is 0.500 bits per heavy atom. The van der Waals surface area contributed by atoms with Gasteiger partial charge in [-0.25, -0.2) is 4.98 Å². The standard InChI is InChI=1S/C68H65N3O/c1-42(2)46-24-26-48(27-25-46)51-32-33-69-62(40-51)55-36-53(47-18-13-11-14-19-47)35-54(37-55)57-22-17-23-63-65(57)70-67(61-39-52(43(3)4)38-58(44(5)6)66(61)72)71(63)64-34-45(7)59(49-20-15-12-16-21-49)41-60(64)50-28-30-56(31-29-50)68(8,9)10/h11-44,72H,1-10H3/i42D. The molecule has 2 heterocycles. The molecule has 0 aliphatic heterocycles. The van der Waals surface area contributed by atoms with E-state index in [0.717, 1.165) is 106 Å². The van der Waals surface area contributed by atoms with E-state index in [4.69, 9.17) is 11.3 Å². The topological polar surface area (TPSA) is 50.9 Å². The van der Waals surface area contributed by atoms with Crippen LogP contribution in [0.15, 0.2) is 188 Å². The van der Waals surface area contributed by atoms with Crippen molar-refractivity contribution in [3.8, 4) is 89.7 Å². The van der Waals surface area contributed by atoms with Crippen LogP contribution in [-0.2, 0) is 5.41 Å². The van der Waals surface area contributed by atoms with Crippen LogP contribution in [0.4, 0.5) is 0 Å². The lowest BCUT2D eigenvalue weighted by Crippen LogP contribution is -2.10. The van der Waals surface area contributed by atoms with Gasteiger partial charge in [-0.15, -0.1) is 0 Å². The molecule has 10 rings (SSSR count). The average molecular weight is 941 g/mol. The van der Waals surface area contributed by atoms with Crippen LogP contribution in [0.2, 0.25) is 0 Å². The van der Waals surface area contributed by atoms with Gasteiger partial charge in [-0.05, 0) is 157 Å². The van der Waals surface area contributed by atoms with E-state index in [-0.39, 0.29) is 23.0 Å². The number of fused-ring (bicyclic) bond motifs is 1. The number of benzene rings is 8. The highest BCUT2D eigenvalue weighted by Gasteiger charge is 2.26. The van der Waals surface area contributed by atoms with Crippen LogP contribution < -0.4 is 0 Å². The molecule has 0 atom stereocenters. The Labute approximate surface area is 428 Å². The molecule has 0 aliphatic carbocycles. The Hall–Kier alpha value is -7.82. The summed E-state index contributed by atoms with van der Waals surface area (Å²) < 4.78 is 10.9. The second-order valence-corrected chi connectivity index (χ2v) is 21.3. The SMILES string of the molecule is [2H]C(C)(C)c1ccc(-c2ccnc(-c3cc(-c4ccccc4)cc(-c4cccc5c4nc(-c4cc(C(C)C)cc(C(C)C)c4O)n5-c4cc(C)c(-c5ccccc5)cc4-c4ccc(C(C)(C)C)cc4)c3)c2)cc1. The van der Waals surface area contributed by atoms with Gasteiger partial charge in [0.05, 0.1) is 28.0 Å². The van der Waals surface area contributed by atoms with E-state index in [9.17, 15) is 5.11 Å². The van der Waals surface area contributed by atoms with Gasteiger partial charge in [0, 0.05) is 24.3 Å². The monoisotopic (exact) mass is 941 g/mol. The van der Waals surface area contributed by atoms with Crippen molar-refractivity contribution in [2.75, 3.05) is 0 Å². The predicted molar refractivity (Wildman–Crippen MR) is 304 cm³/mol. The largest absolute Gasteiger partial charge is 0.507 e. The summed E-state index contributed by atoms with van der Waals surface area (Å²) in [5.74, 6) is 0.547. The third-order valence-corrected chi connectivity index (χ3v) is 14.3. The molecule has 4 nitrogen and oxygen atoms in total. The maximum Gasteiger partial charge on any atom is 0.149 e. The number of imidazole rings is 1. The second-order valence-electron chi connectivity index (χ2n) is 21.3. The molecule has 0 bridgehead atoms. The van der Waals surface area contributed by atoms with Gasteiger partial charge in [0.15, 0.2) is 0 Å². The van der Waals surface area contributed by atoms with Gasteiger partial charge in [-0.2, -0.15) is 0 Å². The Kier molecular flexibility index (Phi) is 12.6. The lowest BCUT2D eigenvalue weighted by molar-refractivity contribution is 0.466. The Bertz CT molecular complexity index is 3630. The molecule has 0 unspecified atom stereocenters. The van der Waals surface area contributed by atoms with Crippen LogP contribution in [0.1, 0.15) is 109 Å². The number of rotatable bonds is 11. The molecule has 0 saturated carbocycles. The van der Waals surface area contributed by atoms with Crippen LogP contribution in [0.3, 0.4) is 0 Å². The zero-order valence-electron chi connectivity index (χ0n) is 44.3. The fourth-order valence-electron chi connectivity index (χ4n) is 10.1. The molecule has 0 saturated heterocycles. The van der Waals surface area contributed by atoms with Gasteiger partial charge in [0.2, 0.25) is 0 Å². The van der Waals surface area contributed by atoms with E-state index in [2.05, 4.69) is 242 Å². The van der Waals surface area contributed by atoms with Gasteiger partial charge in [-0.1, -0.05) is 190 Å². The molecule has 0 radical (unpaired) electrons. The fraction of sp³-hybridized carbons (Fsp3) is 0.206. The molecule has 0 aliphatic rings. The summed E-state index contributed by atoms with van der Waals surface area (Å²) >= 11 is 0. The van der Waals surface area contributed by atoms with Crippen LogP contribution >= 0.6 is 0 Å². The van der Waals surface area contributed by atoms with Gasteiger partial charge in [0.25, 0.3) is 0 Å². The first-order chi connectivity index (χ1) is 34.9. The second kappa shape index (κ2) is 19.4. The van der Waals surface area contributed by atoms with E-state index < -0.39 is 5.89 Å². The first-order valence-electron chi connectivity index (χ1n) is 25.9. The molecule has 8 aromatic carbocycles. The highest BCUT2D eigenvalue weighted by atomic mass is 16.3. The lowest BCUT2D eigenvalue weighted by Gasteiger charge is -2.22. The van der Waals surface area contributed by atoms with Gasteiger partial charge < -0.3 is 5.11 Å². The van der Waals surface area contributed by atoms with Crippen molar-refractivity contribution in [2.45, 2.75) is 92.4 Å². The summed E-state index contributed by atoms with van der Waals surface area (Å²) in [6.45, 7) is 21.5. The number of aryl methyl sites for hydroxylation is 1. The first-order valence-corrected chi connectivity index (χ1v) is 25.4. The van der Waals surface area contributed by atoms with E-state index in [1.807, 2.05) is 20.0 Å². The number of aromatic nitrogens is 3. The van der Waals surface area contributed by atoms with Crippen molar-refractivity contribution in [1.29, 1.82) is 0 Å². The van der Waals surface area contributed by atoms with Crippen molar-refractivity contribution in [3.63, 3.8) is 0 Å². The van der Waals surface area contributed by atoms with Gasteiger partial charge >= 0.3 is 0 Å². The van der Waals surface area contributed by atoms with E-state index in [1.54, 1.807) is 0 Å². The minimum absolute atomic E-state index is 0.00969. The smallest absolute Gasteiger partial charge is 0.149 e. The molecular formula is C68H65N3O. The van der Waals surface area contributed by atoms with Crippen LogP contribution in [-0.4, -0.2) is 19.6 Å². The molecule has 72 heavy (non-hydrogen) atoms. The summed E-state index contributed by atoms with van der Waals surface area (Å²) in [6, 6.07) is 65.0. The number of pyridine rings is 1. The highest BCUT2D eigenvalue weighted by molar-refractivity contribution is 5.99. The number of hydrogen-bond donors (Lipinski definition) is 1. The zero-order chi connectivity index (χ0) is 51.3. The quantitative estimate of drug-likeness (QED) is 0.141. The molecule has 0 amide bonds. The van der Waals surface area contributed by atoms with Gasteiger partial charge in [-0.3, -0.25) is 9.55 Å². The molecule has 1 N–H and O–H groups in total. The summed E-state index contributed by atoms with van der Waals surface area (Å²) in [6.07, 6.45) is 1.89. The molecule has 0 fully saturated rings. The number of aromatic hydroxyl groups is 1. The number of phenols is 1. The Morgan fingerprint density at radius 3 is 1.78 bits per heavy atom. The molecule has 2 aromatic heterocycles. The zero-order valence-corrected chi connectivity index (χ0v) is 43.3. The molecular weight excluding hydrogens is 875 g/mol. The fourth-order valence-corrected chi connectivity index (χ4v) is 10.1. The van der Waals surface area contributed by atoms with Crippen molar-refractivity contribution >= 4 is 11.0 Å². The predicted octanol–water partition coefficient (Wildman–Crippen LogP) is 18.8. The van der Waals surface area contributed by atoms with Crippen molar-refractivity contribution in [2.24, 2.45) is 0 Å². The average Bonchev–Trinajstić information content (AvgIpc) is 3.78. The number of hydrogen-bond acceptors (Lipinski definition) is 3. The Balaban J connectivity index is 1.25. The summed E-state index contributed by atoms with van der Waals surface area (Å²) in [7, 11) is 0. The van der Waals surface area contributed by atoms with E-state index in [1.165, 1.54) is 5.56 Å². The van der Waals surface area contributed by atoms with Gasteiger partial charge in [0.1, 0.15) is 11.6 Å². The van der Waals surface area contributed by atoms with Crippen LogP contribution in [0.5, 0.6) is 5.75 Å². The minimum Gasteiger partial charge on any atom is -0.507 e. The Morgan fingerprint density at radius 2 is 1.12 bits per heavy atom. The van der Waals surface area contributed by atoms with Crippen molar-refractivity contribution in [3.05, 3.63) is 216 Å². The molecule has 0 spiro atoms. The van der Waals surface area contributed by atoms with E-state index in [0.29, 0.717) is 11.4 Å². The molecule has 4 heteroatoms. The van der Waals surface area contributed by atoms with Crippen LogP contribution in [0, 0.1) is 6.92 Å². The normalized spacial score (nSPS) is 12.2. The summed E-state index contributed by atoms with van der Waals surface area (Å²) in [4.78, 5) is 10.7. The first kappa shape index (κ1) is 46.6.